The molecule has 0 atom stereocenters. The number of hydrogen-bond acceptors (Lipinski definition) is 2. The second-order valence-electron chi connectivity index (χ2n) is 3.57. The number of nitrogens with zero attached hydrogens (tertiary/aromatic N) is 2. The normalized spacial score (nSPS) is 11.6. The third kappa shape index (κ3) is 2.76. The fraction of sp³-hybridized carbons (Fsp3) is 0.0909. The number of benzene rings is 1. The molecule has 0 radical (unpaired) electrons. The molecular formula is C11H5ClF4N2O. The van der Waals surface area contributed by atoms with Gasteiger partial charge in [-0.2, -0.15) is 18.3 Å². The van der Waals surface area contributed by atoms with Gasteiger partial charge in [-0.3, -0.25) is 4.79 Å². The van der Waals surface area contributed by atoms with Crippen LogP contribution in [0.2, 0.25) is 0 Å². The lowest BCUT2D eigenvalue weighted by Gasteiger charge is -2.09. The first-order valence-corrected chi connectivity index (χ1v) is 5.30. The summed E-state index contributed by atoms with van der Waals surface area (Å²) in [6.07, 6.45) is -4.72. The molecule has 0 bridgehead atoms. The average Bonchev–Trinajstić information content (AvgIpc) is 2.74. The maximum atomic E-state index is 12.8. The Hall–Kier alpha value is -1.89. The number of hydrogen-bond donors (Lipinski definition) is 0. The van der Waals surface area contributed by atoms with E-state index in [1.54, 1.807) is 0 Å². The van der Waals surface area contributed by atoms with Crippen LogP contribution in [0.15, 0.2) is 30.3 Å². The van der Waals surface area contributed by atoms with Crippen LogP contribution in [-0.2, 0) is 6.18 Å². The standard InChI is InChI=1S/C11H5ClF4N2O/c12-10(19)8-5-9(11(14,15)16)18(17-8)7-3-1-6(13)2-4-7/h1-5H. The lowest BCUT2D eigenvalue weighted by molar-refractivity contribution is -0.142. The van der Waals surface area contributed by atoms with Crippen molar-refractivity contribution in [3.05, 3.63) is 47.5 Å². The maximum absolute atomic E-state index is 12.8. The second-order valence-corrected chi connectivity index (χ2v) is 3.92. The van der Waals surface area contributed by atoms with Crippen molar-refractivity contribution in [2.45, 2.75) is 6.18 Å². The van der Waals surface area contributed by atoms with Crippen molar-refractivity contribution in [2.75, 3.05) is 0 Å². The Kier molecular flexibility index (Phi) is 3.32. The van der Waals surface area contributed by atoms with Gasteiger partial charge in [0.1, 0.15) is 17.2 Å². The monoisotopic (exact) mass is 292 g/mol. The molecular weight excluding hydrogens is 288 g/mol. The van der Waals surface area contributed by atoms with Crippen molar-refractivity contribution in [1.82, 2.24) is 9.78 Å². The van der Waals surface area contributed by atoms with Crippen molar-refractivity contribution < 1.29 is 22.4 Å². The SMILES string of the molecule is O=C(Cl)c1cc(C(F)(F)F)n(-c2ccc(F)cc2)n1. The molecule has 0 fully saturated rings. The number of carbonyl (C=O) groups is 1. The molecule has 19 heavy (non-hydrogen) atoms. The van der Waals surface area contributed by atoms with Crippen LogP contribution in [0.1, 0.15) is 16.2 Å². The van der Waals surface area contributed by atoms with Crippen LogP contribution in [0.25, 0.3) is 5.69 Å². The van der Waals surface area contributed by atoms with Gasteiger partial charge in [0.05, 0.1) is 5.69 Å². The smallest absolute Gasteiger partial charge is 0.274 e. The van der Waals surface area contributed by atoms with Gasteiger partial charge in [-0.25, -0.2) is 9.07 Å². The molecule has 1 heterocycles. The molecule has 3 nitrogen and oxygen atoms in total. The average molecular weight is 293 g/mol. The van der Waals surface area contributed by atoms with Gasteiger partial charge in [-0.15, -0.1) is 0 Å². The summed E-state index contributed by atoms with van der Waals surface area (Å²) in [4.78, 5) is 10.9. The first-order chi connectivity index (χ1) is 8.79. The third-order valence-corrected chi connectivity index (χ3v) is 2.47. The Morgan fingerprint density at radius 3 is 2.26 bits per heavy atom. The van der Waals surface area contributed by atoms with E-state index in [9.17, 15) is 22.4 Å². The molecule has 0 saturated carbocycles. The molecule has 0 aliphatic carbocycles. The molecule has 8 heteroatoms. The number of carbonyl (C=O) groups excluding carboxylic acids is 1. The summed E-state index contributed by atoms with van der Waals surface area (Å²) in [6.45, 7) is 0. The van der Waals surface area contributed by atoms with Crippen LogP contribution in [-0.4, -0.2) is 15.0 Å². The molecule has 0 spiro atoms. The Balaban J connectivity index is 2.61. The van der Waals surface area contributed by atoms with Crippen molar-refractivity contribution in [1.29, 1.82) is 0 Å². The molecule has 0 unspecified atom stereocenters. The summed E-state index contributed by atoms with van der Waals surface area (Å²) in [5.74, 6) is -0.599. The van der Waals surface area contributed by atoms with Crippen LogP contribution in [0.4, 0.5) is 17.6 Å². The molecule has 0 amide bonds. The molecule has 0 aliphatic rings. The van der Waals surface area contributed by atoms with Gasteiger partial charge < -0.3 is 0 Å². The molecule has 0 aliphatic heterocycles. The molecule has 100 valence electrons. The van der Waals surface area contributed by atoms with Gasteiger partial charge in [-0.1, -0.05) is 0 Å². The minimum absolute atomic E-state index is 0.0297. The molecule has 0 N–H and O–H groups in total. The molecule has 1 aromatic heterocycles. The van der Waals surface area contributed by atoms with Crippen LogP contribution < -0.4 is 0 Å². The van der Waals surface area contributed by atoms with E-state index < -0.39 is 28.6 Å². The predicted molar refractivity (Wildman–Crippen MR) is 58.7 cm³/mol. The summed E-state index contributed by atoms with van der Waals surface area (Å²) < 4.78 is 51.6. The van der Waals surface area contributed by atoms with Crippen molar-refractivity contribution in [2.24, 2.45) is 0 Å². The largest absolute Gasteiger partial charge is 0.433 e. The summed E-state index contributed by atoms with van der Waals surface area (Å²) >= 11 is 5.11. The van der Waals surface area contributed by atoms with E-state index in [0.717, 1.165) is 24.3 Å². The topological polar surface area (TPSA) is 34.9 Å². The van der Waals surface area contributed by atoms with Gasteiger partial charge in [-0.05, 0) is 35.9 Å². The Morgan fingerprint density at radius 2 is 1.79 bits per heavy atom. The lowest BCUT2D eigenvalue weighted by Crippen LogP contribution is -2.13. The zero-order chi connectivity index (χ0) is 14.2. The third-order valence-electron chi connectivity index (χ3n) is 2.27. The van der Waals surface area contributed by atoms with Crippen LogP contribution >= 0.6 is 11.6 Å². The Labute approximate surface area is 109 Å². The first kappa shape index (κ1) is 13.5. The highest BCUT2D eigenvalue weighted by Gasteiger charge is 2.37. The quantitative estimate of drug-likeness (QED) is 0.628. The fourth-order valence-electron chi connectivity index (χ4n) is 1.46. The molecule has 1 aromatic carbocycles. The second kappa shape index (κ2) is 4.65. The van der Waals surface area contributed by atoms with E-state index in [-0.39, 0.29) is 5.69 Å². The van der Waals surface area contributed by atoms with E-state index in [2.05, 4.69) is 5.10 Å². The minimum atomic E-state index is -4.72. The Bertz CT molecular complexity index is 619. The summed E-state index contributed by atoms with van der Waals surface area (Å²) in [5.41, 5.74) is -1.72. The zero-order valence-electron chi connectivity index (χ0n) is 9.08. The van der Waals surface area contributed by atoms with Gasteiger partial charge in [0.2, 0.25) is 0 Å². The Morgan fingerprint density at radius 1 is 1.21 bits per heavy atom. The predicted octanol–water partition coefficient (Wildman–Crippen LogP) is 3.41. The number of rotatable bonds is 2. The van der Waals surface area contributed by atoms with Crippen molar-refractivity contribution in [3.63, 3.8) is 0 Å². The van der Waals surface area contributed by atoms with E-state index in [0.29, 0.717) is 10.7 Å². The molecule has 2 aromatic rings. The van der Waals surface area contributed by atoms with E-state index in [1.807, 2.05) is 0 Å². The van der Waals surface area contributed by atoms with Crippen molar-refractivity contribution in [3.8, 4) is 5.69 Å². The molecule has 2 rings (SSSR count). The van der Waals surface area contributed by atoms with Gasteiger partial charge >= 0.3 is 6.18 Å². The van der Waals surface area contributed by atoms with Crippen molar-refractivity contribution >= 4 is 16.8 Å². The van der Waals surface area contributed by atoms with E-state index in [4.69, 9.17) is 11.6 Å². The van der Waals surface area contributed by atoms with Crippen LogP contribution in [0, 0.1) is 5.82 Å². The highest BCUT2D eigenvalue weighted by atomic mass is 35.5. The zero-order valence-corrected chi connectivity index (χ0v) is 9.84. The van der Waals surface area contributed by atoms with Gasteiger partial charge in [0.15, 0.2) is 0 Å². The first-order valence-electron chi connectivity index (χ1n) is 4.92. The van der Waals surface area contributed by atoms with Gasteiger partial charge in [0.25, 0.3) is 5.24 Å². The van der Waals surface area contributed by atoms with E-state index >= 15 is 0 Å². The fourth-order valence-corrected chi connectivity index (χ4v) is 1.55. The van der Waals surface area contributed by atoms with Crippen LogP contribution in [0.3, 0.4) is 0 Å². The molecule has 0 saturated heterocycles. The minimum Gasteiger partial charge on any atom is -0.274 e. The maximum Gasteiger partial charge on any atom is 0.433 e. The highest BCUT2D eigenvalue weighted by Crippen LogP contribution is 2.31. The summed E-state index contributed by atoms with van der Waals surface area (Å²) in [7, 11) is 0. The number of alkyl halides is 3. The summed E-state index contributed by atoms with van der Waals surface area (Å²) in [5, 5.41) is 2.36. The lowest BCUT2D eigenvalue weighted by atomic mass is 10.3. The summed E-state index contributed by atoms with van der Waals surface area (Å²) in [6, 6.07) is 4.73. The van der Waals surface area contributed by atoms with Crippen LogP contribution in [0.5, 0.6) is 0 Å². The number of halogens is 5. The highest BCUT2D eigenvalue weighted by molar-refractivity contribution is 6.67. The van der Waals surface area contributed by atoms with Gasteiger partial charge in [0, 0.05) is 6.07 Å². The van der Waals surface area contributed by atoms with E-state index in [1.165, 1.54) is 0 Å². The number of aromatic nitrogens is 2.